The van der Waals surface area contributed by atoms with Gasteiger partial charge in [0.15, 0.2) is 29.4 Å². The molecule has 1 N–H and O–H groups in total. The molecule has 34 heavy (non-hydrogen) atoms. The molecule has 2 aliphatic heterocycles. The van der Waals surface area contributed by atoms with Crippen molar-refractivity contribution in [2.45, 2.75) is 19.3 Å². The van der Waals surface area contributed by atoms with Crippen LogP contribution in [0.15, 0.2) is 45.8 Å². The van der Waals surface area contributed by atoms with E-state index in [0.717, 1.165) is 57.0 Å². The fourth-order valence-electron chi connectivity index (χ4n) is 4.78. The largest absolute Gasteiger partial charge is 0.493 e. The van der Waals surface area contributed by atoms with Crippen LogP contribution in [0.1, 0.15) is 18.4 Å². The molecular weight excluding hydrogens is 434 g/mol. The van der Waals surface area contributed by atoms with Crippen LogP contribution in [0.4, 0.5) is 11.4 Å². The number of nitrogens with zero attached hydrogens (tertiary/aromatic N) is 2. The van der Waals surface area contributed by atoms with E-state index in [1.807, 2.05) is 0 Å². The van der Waals surface area contributed by atoms with Crippen LogP contribution in [0, 0.1) is 0 Å². The van der Waals surface area contributed by atoms with E-state index in [-0.39, 0.29) is 5.43 Å². The van der Waals surface area contributed by atoms with Gasteiger partial charge in [0.25, 0.3) is 0 Å². The van der Waals surface area contributed by atoms with Gasteiger partial charge >= 0.3 is 0 Å². The summed E-state index contributed by atoms with van der Waals surface area (Å²) >= 11 is 0. The number of nitrogens with one attached hydrogen (secondary N) is 1. The zero-order valence-corrected chi connectivity index (χ0v) is 19.8. The summed E-state index contributed by atoms with van der Waals surface area (Å²) in [5, 5.41) is 3.79. The molecule has 0 spiro atoms. The third-order valence-corrected chi connectivity index (χ3v) is 6.71. The Hall–Kier alpha value is -3.39. The summed E-state index contributed by atoms with van der Waals surface area (Å²) in [6.07, 6.45) is 4.27. The van der Waals surface area contributed by atoms with Crippen molar-refractivity contribution in [1.82, 2.24) is 4.90 Å². The minimum Gasteiger partial charge on any atom is -0.493 e. The van der Waals surface area contributed by atoms with Crippen LogP contribution < -0.4 is 29.9 Å². The number of benzene rings is 2. The molecule has 0 radical (unpaired) electrons. The summed E-state index contributed by atoms with van der Waals surface area (Å²) in [5.74, 6) is 2.05. The molecule has 180 valence electrons. The van der Waals surface area contributed by atoms with Crippen LogP contribution in [0.25, 0.3) is 11.0 Å². The summed E-state index contributed by atoms with van der Waals surface area (Å²) in [7, 11) is 3.13. The molecule has 0 saturated carbocycles. The lowest BCUT2D eigenvalue weighted by Gasteiger charge is -2.36. The molecule has 0 bridgehead atoms. The number of ether oxygens (including phenoxy) is 3. The Kier molecular flexibility index (Phi) is 6.49. The van der Waals surface area contributed by atoms with Gasteiger partial charge in [0.05, 0.1) is 37.2 Å². The average Bonchev–Trinajstić information content (AvgIpc) is 3.36. The lowest BCUT2D eigenvalue weighted by Crippen LogP contribution is -2.46. The third-order valence-electron chi connectivity index (χ3n) is 6.71. The molecule has 3 aromatic rings. The average molecular weight is 466 g/mol. The van der Waals surface area contributed by atoms with Gasteiger partial charge < -0.3 is 28.8 Å². The van der Waals surface area contributed by atoms with Crippen molar-refractivity contribution in [2.24, 2.45) is 0 Å². The van der Waals surface area contributed by atoms with E-state index in [4.69, 9.17) is 18.6 Å². The second-order valence-corrected chi connectivity index (χ2v) is 8.70. The van der Waals surface area contributed by atoms with Crippen LogP contribution >= 0.6 is 0 Å². The highest BCUT2D eigenvalue weighted by molar-refractivity contribution is 5.81. The highest BCUT2D eigenvalue weighted by Crippen LogP contribution is 2.39. The number of methoxy groups -OCH3 is 2. The minimum absolute atomic E-state index is 0.00270. The van der Waals surface area contributed by atoms with Gasteiger partial charge in [-0.1, -0.05) is 6.07 Å². The molecule has 0 aliphatic carbocycles. The topological polar surface area (TPSA) is 76.4 Å². The molecule has 1 fully saturated rings. The van der Waals surface area contributed by atoms with E-state index in [1.54, 1.807) is 32.6 Å². The van der Waals surface area contributed by atoms with E-state index in [9.17, 15) is 4.79 Å². The molecular formula is C26H31N3O5. The molecule has 3 heterocycles. The number of piperazine rings is 1. The minimum atomic E-state index is 0.00270. The zero-order chi connectivity index (χ0) is 23.5. The molecule has 1 aromatic heterocycles. The predicted octanol–water partition coefficient (Wildman–Crippen LogP) is 3.72. The van der Waals surface area contributed by atoms with Crippen molar-refractivity contribution in [2.75, 3.05) is 63.9 Å². The number of hydrogen-bond acceptors (Lipinski definition) is 8. The molecule has 5 rings (SSSR count). The standard InChI is InChI=1S/C26H31N3O5/c1-31-23-14-19-22(15-24(23)32-2)33-16-18(25(19)30)6-3-4-9-28-10-12-29(13-11-28)21-8-5-7-20-26(21)34-17-27-20/h5,7-8,14-16,27H,3-4,6,9-13,17H2,1-2H3. The highest BCUT2D eigenvalue weighted by Gasteiger charge is 2.23. The monoisotopic (exact) mass is 465 g/mol. The number of aryl methyl sites for hydroxylation is 1. The Bertz CT molecular complexity index is 1220. The second kappa shape index (κ2) is 9.85. The molecule has 2 aliphatic rings. The Morgan fingerprint density at radius 3 is 2.62 bits per heavy atom. The van der Waals surface area contributed by atoms with Crippen LogP contribution in [0.2, 0.25) is 0 Å². The van der Waals surface area contributed by atoms with Gasteiger partial charge in [-0.15, -0.1) is 0 Å². The van der Waals surface area contributed by atoms with Crippen molar-refractivity contribution < 1.29 is 18.6 Å². The normalized spacial score (nSPS) is 15.6. The Balaban J connectivity index is 1.13. The van der Waals surface area contributed by atoms with Crippen LogP contribution in [-0.2, 0) is 6.42 Å². The van der Waals surface area contributed by atoms with Crippen molar-refractivity contribution in [1.29, 1.82) is 0 Å². The fraction of sp³-hybridized carbons (Fsp3) is 0.423. The molecule has 0 amide bonds. The first-order chi connectivity index (χ1) is 16.7. The molecule has 0 unspecified atom stereocenters. The van der Waals surface area contributed by atoms with Gasteiger partial charge in [-0.3, -0.25) is 9.69 Å². The smallest absolute Gasteiger partial charge is 0.195 e. The number of fused-ring (bicyclic) bond motifs is 2. The van der Waals surface area contributed by atoms with Gasteiger partial charge in [0, 0.05) is 37.8 Å². The van der Waals surface area contributed by atoms with Crippen molar-refractivity contribution in [3.8, 4) is 17.2 Å². The van der Waals surface area contributed by atoms with E-state index < -0.39 is 0 Å². The highest BCUT2D eigenvalue weighted by atomic mass is 16.5. The lowest BCUT2D eigenvalue weighted by atomic mass is 10.1. The summed E-state index contributed by atoms with van der Waals surface area (Å²) in [5.41, 5.74) is 3.48. The van der Waals surface area contributed by atoms with Crippen LogP contribution in [-0.4, -0.2) is 58.6 Å². The maximum Gasteiger partial charge on any atom is 0.195 e. The maximum absolute atomic E-state index is 13.0. The summed E-state index contributed by atoms with van der Waals surface area (Å²) in [6, 6.07) is 9.68. The molecule has 2 aromatic carbocycles. The number of hydrogen-bond donors (Lipinski definition) is 1. The summed E-state index contributed by atoms with van der Waals surface area (Å²) in [6.45, 7) is 5.60. The zero-order valence-electron chi connectivity index (χ0n) is 19.8. The quantitative estimate of drug-likeness (QED) is 0.505. The van der Waals surface area contributed by atoms with Crippen LogP contribution in [0.5, 0.6) is 17.2 Å². The second-order valence-electron chi connectivity index (χ2n) is 8.70. The Labute approximate surface area is 199 Å². The molecule has 1 saturated heterocycles. The first-order valence-corrected chi connectivity index (χ1v) is 11.8. The number of anilines is 2. The molecule has 0 atom stereocenters. The van der Waals surface area contributed by atoms with Gasteiger partial charge in [-0.05, 0) is 44.0 Å². The molecule has 8 nitrogen and oxygen atoms in total. The third kappa shape index (κ3) is 4.37. The van der Waals surface area contributed by atoms with Crippen molar-refractivity contribution >= 4 is 22.3 Å². The number of rotatable bonds is 8. The Morgan fingerprint density at radius 1 is 1.03 bits per heavy atom. The van der Waals surface area contributed by atoms with E-state index >= 15 is 0 Å². The molecule has 8 heteroatoms. The van der Waals surface area contributed by atoms with Gasteiger partial charge in [0.1, 0.15) is 5.58 Å². The first-order valence-electron chi connectivity index (χ1n) is 11.8. The lowest BCUT2D eigenvalue weighted by molar-refractivity contribution is 0.252. The van der Waals surface area contributed by atoms with E-state index in [1.165, 1.54) is 5.69 Å². The Morgan fingerprint density at radius 2 is 1.82 bits per heavy atom. The maximum atomic E-state index is 13.0. The number of para-hydroxylation sites is 1. The van der Waals surface area contributed by atoms with Crippen molar-refractivity contribution in [3.63, 3.8) is 0 Å². The van der Waals surface area contributed by atoms with Gasteiger partial charge in [0.2, 0.25) is 0 Å². The van der Waals surface area contributed by atoms with Gasteiger partial charge in [-0.2, -0.15) is 0 Å². The van der Waals surface area contributed by atoms with E-state index in [2.05, 4.69) is 33.3 Å². The van der Waals surface area contributed by atoms with Crippen molar-refractivity contribution in [3.05, 3.63) is 52.4 Å². The fourth-order valence-corrected chi connectivity index (χ4v) is 4.78. The number of unbranched alkanes of at least 4 members (excludes halogenated alkanes) is 1. The van der Waals surface area contributed by atoms with Crippen LogP contribution in [0.3, 0.4) is 0 Å². The van der Waals surface area contributed by atoms with E-state index in [0.29, 0.717) is 41.2 Å². The summed E-state index contributed by atoms with van der Waals surface area (Å²) in [4.78, 5) is 17.9. The summed E-state index contributed by atoms with van der Waals surface area (Å²) < 4.78 is 22.1. The first kappa shape index (κ1) is 22.4. The predicted molar refractivity (Wildman–Crippen MR) is 133 cm³/mol. The van der Waals surface area contributed by atoms with Gasteiger partial charge in [-0.25, -0.2) is 0 Å². The SMILES string of the molecule is COc1cc2occ(CCCCN3CCN(c4cccc5c4OCN5)CC3)c(=O)c2cc1OC.